The molecule has 0 radical (unpaired) electrons. The van der Waals surface area contributed by atoms with Crippen LogP contribution in [0.25, 0.3) is 0 Å². The normalized spacial score (nSPS) is 13.3. The van der Waals surface area contributed by atoms with Gasteiger partial charge in [-0.15, -0.1) is 0 Å². The van der Waals surface area contributed by atoms with Crippen LogP contribution in [0.1, 0.15) is 45.1 Å². The number of amides is 2. The number of benzene rings is 2. The smallest absolute Gasteiger partial charge is 0.242 e. The fraction of sp³-hybridized carbons (Fsp3) is 0.500. The number of sulfonamides is 1. The highest BCUT2D eigenvalue weighted by Gasteiger charge is 2.29. The molecule has 0 spiro atoms. The van der Waals surface area contributed by atoms with Gasteiger partial charge in [0.05, 0.1) is 19.1 Å². The van der Waals surface area contributed by atoms with Crippen molar-refractivity contribution >= 4 is 27.5 Å². The van der Waals surface area contributed by atoms with Crippen molar-refractivity contribution in [1.29, 1.82) is 0 Å². The second-order valence-electron chi connectivity index (χ2n) is 9.35. The summed E-state index contributed by atoms with van der Waals surface area (Å²) in [6.45, 7) is 5.54. The zero-order valence-corrected chi connectivity index (χ0v) is 24.0. The minimum atomic E-state index is -3.63. The van der Waals surface area contributed by atoms with E-state index < -0.39 is 16.1 Å². The van der Waals surface area contributed by atoms with Crippen molar-refractivity contribution in [2.45, 2.75) is 52.1 Å². The number of carbonyl (C=O) groups excluding carboxylic acids is 2. The van der Waals surface area contributed by atoms with E-state index in [2.05, 4.69) is 5.32 Å². The maximum atomic E-state index is 13.5. The molecule has 1 aliphatic rings. The summed E-state index contributed by atoms with van der Waals surface area (Å²) in [4.78, 5) is 28.1. The Kier molecular flexibility index (Phi) is 10.8. The van der Waals surface area contributed by atoms with Crippen LogP contribution >= 0.6 is 0 Å². The van der Waals surface area contributed by atoms with Gasteiger partial charge in [-0.25, -0.2) is 8.42 Å². The van der Waals surface area contributed by atoms with Gasteiger partial charge in [0.1, 0.15) is 25.0 Å². The average Bonchev–Trinajstić information content (AvgIpc) is 2.93. The Hall–Kier alpha value is -3.47. The number of carbonyl (C=O) groups is 2. The number of rotatable bonds is 14. The molecule has 3 rings (SSSR count). The monoisotopic (exact) mass is 561 g/mol. The van der Waals surface area contributed by atoms with Crippen molar-refractivity contribution in [2.24, 2.45) is 0 Å². The lowest BCUT2D eigenvalue weighted by Gasteiger charge is -2.31. The first-order valence-corrected chi connectivity index (χ1v) is 15.1. The van der Waals surface area contributed by atoms with Gasteiger partial charge in [0.2, 0.25) is 21.8 Å². The van der Waals surface area contributed by atoms with Gasteiger partial charge in [-0.05, 0) is 49.1 Å². The molecular formula is C28H39N3O7S. The molecule has 39 heavy (non-hydrogen) atoms. The van der Waals surface area contributed by atoms with Gasteiger partial charge in [-0.3, -0.25) is 13.9 Å². The molecule has 1 atom stereocenters. The molecule has 0 saturated carbocycles. The van der Waals surface area contributed by atoms with E-state index in [1.807, 2.05) is 38.1 Å². The van der Waals surface area contributed by atoms with E-state index in [4.69, 9.17) is 14.2 Å². The number of hydrogen-bond donors (Lipinski definition) is 1. The van der Waals surface area contributed by atoms with Crippen molar-refractivity contribution in [2.75, 3.05) is 44.0 Å². The molecule has 0 unspecified atom stereocenters. The minimum absolute atomic E-state index is 0.0737. The van der Waals surface area contributed by atoms with Crippen LogP contribution in [-0.2, 0) is 26.2 Å². The highest BCUT2D eigenvalue weighted by atomic mass is 32.2. The molecule has 1 heterocycles. The first kappa shape index (κ1) is 30.1. The maximum absolute atomic E-state index is 13.5. The summed E-state index contributed by atoms with van der Waals surface area (Å²) in [5.41, 5.74) is 1.30. The molecule has 11 heteroatoms. The lowest BCUT2D eigenvalue weighted by molar-refractivity contribution is -0.141. The van der Waals surface area contributed by atoms with E-state index in [1.165, 1.54) is 4.31 Å². The van der Waals surface area contributed by atoms with E-state index >= 15 is 0 Å². The molecule has 0 saturated heterocycles. The Labute approximate surface area is 231 Å². The molecule has 2 amide bonds. The number of nitrogens with zero attached hydrogens (tertiary/aromatic N) is 2. The number of methoxy groups -OCH3 is 1. The second-order valence-corrected chi connectivity index (χ2v) is 11.3. The predicted octanol–water partition coefficient (Wildman–Crippen LogP) is 3.35. The summed E-state index contributed by atoms with van der Waals surface area (Å²) < 4.78 is 42.9. The van der Waals surface area contributed by atoms with Crippen LogP contribution in [0.2, 0.25) is 0 Å². The van der Waals surface area contributed by atoms with Gasteiger partial charge in [-0.1, -0.05) is 26.0 Å². The predicted molar refractivity (Wildman–Crippen MR) is 150 cm³/mol. The van der Waals surface area contributed by atoms with Crippen LogP contribution in [-0.4, -0.2) is 70.8 Å². The molecule has 0 bridgehead atoms. The first-order valence-electron chi connectivity index (χ1n) is 13.2. The SMILES string of the molecule is CCCNC(=O)[C@H](CC)N(Cc1ccc(OC)cc1)C(=O)CCCN(c1ccc2c(c1)OCCO2)S(C)(=O)=O. The van der Waals surface area contributed by atoms with Gasteiger partial charge in [-0.2, -0.15) is 0 Å². The van der Waals surface area contributed by atoms with Crippen molar-refractivity contribution in [1.82, 2.24) is 10.2 Å². The number of anilines is 1. The molecule has 0 fully saturated rings. The molecule has 10 nitrogen and oxygen atoms in total. The summed E-state index contributed by atoms with van der Waals surface area (Å²) >= 11 is 0. The Morgan fingerprint density at radius 2 is 1.74 bits per heavy atom. The fourth-order valence-corrected chi connectivity index (χ4v) is 5.36. The van der Waals surface area contributed by atoms with Gasteiger partial charge in [0, 0.05) is 32.1 Å². The lowest BCUT2D eigenvalue weighted by atomic mass is 10.1. The molecule has 1 N–H and O–H groups in total. The zero-order valence-electron chi connectivity index (χ0n) is 23.1. The topological polar surface area (TPSA) is 114 Å². The third-order valence-corrected chi connectivity index (χ3v) is 7.61. The van der Waals surface area contributed by atoms with E-state index in [0.717, 1.165) is 18.2 Å². The van der Waals surface area contributed by atoms with Crippen molar-refractivity contribution in [3.8, 4) is 17.2 Å². The van der Waals surface area contributed by atoms with Crippen LogP contribution in [0.3, 0.4) is 0 Å². The largest absolute Gasteiger partial charge is 0.497 e. The number of ether oxygens (including phenoxy) is 3. The first-order chi connectivity index (χ1) is 18.7. The van der Waals surface area contributed by atoms with Crippen molar-refractivity contribution in [3.63, 3.8) is 0 Å². The molecule has 0 aliphatic carbocycles. The fourth-order valence-electron chi connectivity index (χ4n) is 4.40. The van der Waals surface area contributed by atoms with Gasteiger partial charge < -0.3 is 24.4 Å². The van der Waals surface area contributed by atoms with Crippen molar-refractivity contribution < 1.29 is 32.2 Å². The number of fused-ring (bicyclic) bond motifs is 1. The molecule has 2 aromatic rings. The van der Waals surface area contributed by atoms with E-state index in [-0.39, 0.29) is 37.7 Å². The summed E-state index contributed by atoms with van der Waals surface area (Å²) in [5, 5.41) is 2.90. The summed E-state index contributed by atoms with van der Waals surface area (Å²) in [6, 6.07) is 11.7. The Bertz CT molecular complexity index is 1220. The van der Waals surface area contributed by atoms with Gasteiger partial charge >= 0.3 is 0 Å². The Morgan fingerprint density at radius 3 is 2.36 bits per heavy atom. The third-order valence-electron chi connectivity index (χ3n) is 6.41. The summed E-state index contributed by atoms with van der Waals surface area (Å²) in [6.07, 6.45) is 2.71. The third kappa shape index (κ3) is 8.26. The van der Waals surface area contributed by atoms with Crippen molar-refractivity contribution in [3.05, 3.63) is 48.0 Å². The minimum Gasteiger partial charge on any atom is -0.497 e. The highest BCUT2D eigenvalue weighted by Crippen LogP contribution is 2.34. The molecule has 1 aliphatic heterocycles. The quantitative estimate of drug-likeness (QED) is 0.376. The van der Waals surface area contributed by atoms with Crippen LogP contribution in [0, 0.1) is 0 Å². The van der Waals surface area contributed by atoms with Gasteiger partial charge in [0.15, 0.2) is 11.5 Å². The summed E-state index contributed by atoms with van der Waals surface area (Å²) in [7, 11) is -2.04. The Morgan fingerprint density at radius 1 is 1.05 bits per heavy atom. The second kappa shape index (κ2) is 14.1. The number of hydrogen-bond acceptors (Lipinski definition) is 7. The zero-order chi connectivity index (χ0) is 28.4. The summed E-state index contributed by atoms with van der Waals surface area (Å²) in [5.74, 6) is 1.33. The van der Waals surface area contributed by atoms with Crippen LogP contribution < -0.4 is 23.8 Å². The van der Waals surface area contributed by atoms with E-state index in [9.17, 15) is 18.0 Å². The maximum Gasteiger partial charge on any atom is 0.242 e. The van der Waals surface area contributed by atoms with E-state index in [1.54, 1.807) is 30.2 Å². The average molecular weight is 562 g/mol. The molecule has 2 aromatic carbocycles. The number of nitrogens with one attached hydrogen (secondary N) is 1. The Balaban J connectivity index is 1.76. The van der Waals surface area contributed by atoms with Crippen LogP contribution in [0.15, 0.2) is 42.5 Å². The lowest BCUT2D eigenvalue weighted by Crippen LogP contribution is -2.49. The highest BCUT2D eigenvalue weighted by molar-refractivity contribution is 7.92. The molecule has 0 aromatic heterocycles. The van der Waals surface area contributed by atoms with Crippen LogP contribution in [0.4, 0.5) is 5.69 Å². The standard InChI is InChI=1S/C28H39N3O7S/c1-5-15-29-28(33)24(6-2)30(20-21-9-12-23(36-3)13-10-21)27(32)8-7-16-31(39(4,34)35)22-11-14-25-26(19-22)38-18-17-37-25/h9-14,19,24H,5-8,15-18,20H2,1-4H3,(H,29,33)/t24-/m0/s1. The van der Waals surface area contributed by atoms with Gasteiger partial charge in [0.25, 0.3) is 0 Å². The van der Waals surface area contributed by atoms with Crippen LogP contribution in [0.5, 0.6) is 17.2 Å². The molecular weight excluding hydrogens is 522 g/mol. The molecule has 214 valence electrons. The van der Waals surface area contributed by atoms with E-state index in [0.29, 0.717) is 49.1 Å².